The van der Waals surface area contributed by atoms with E-state index in [9.17, 15) is 4.39 Å². The monoisotopic (exact) mass is 331 g/mol. The van der Waals surface area contributed by atoms with Crippen LogP contribution in [0.5, 0.6) is 0 Å². The molecule has 0 aromatic heterocycles. The van der Waals surface area contributed by atoms with Crippen molar-refractivity contribution >= 4 is 17.8 Å². The second-order valence-corrected chi connectivity index (χ2v) is 5.99. The van der Waals surface area contributed by atoms with Crippen molar-refractivity contribution < 1.29 is 4.39 Å². The number of nitrogens with zero attached hydrogens (tertiary/aromatic N) is 3. The molecule has 120 valence electrons. The first kappa shape index (κ1) is 16.0. The Bertz CT molecular complexity index is 681. The van der Waals surface area contributed by atoms with E-state index in [1.807, 2.05) is 29.3 Å². The molecular formula is C18H19ClFN3. The standard InChI is InChI=1S/C18H19ClFN3/c19-17-7-3-1-6-16(17)14-22-9-11-23(12-10-22)21-13-15-5-2-4-8-18(15)20/h1-8,13H,9-12,14H2/b21-13-. The zero-order valence-electron chi connectivity index (χ0n) is 12.8. The Labute approximate surface area is 141 Å². The molecule has 0 spiro atoms. The van der Waals surface area contributed by atoms with Crippen molar-refractivity contribution in [1.82, 2.24) is 9.91 Å². The number of hydrogen-bond acceptors (Lipinski definition) is 3. The molecule has 1 fully saturated rings. The highest BCUT2D eigenvalue weighted by atomic mass is 35.5. The maximum Gasteiger partial charge on any atom is 0.132 e. The van der Waals surface area contributed by atoms with Gasteiger partial charge >= 0.3 is 0 Å². The van der Waals surface area contributed by atoms with Gasteiger partial charge in [0.25, 0.3) is 0 Å². The average Bonchev–Trinajstić information content (AvgIpc) is 2.57. The zero-order chi connectivity index (χ0) is 16.1. The van der Waals surface area contributed by atoms with Gasteiger partial charge in [0.2, 0.25) is 0 Å². The summed E-state index contributed by atoms with van der Waals surface area (Å²) < 4.78 is 13.6. The molecule has 0 amide bonds. The molecule has 0 radical (unpaired) electrons. The van der Waals surface area contributed by atoms with Gasteiger partial charge < -0.3 is 0 Å². The SMILES string of the molecule is Fc1ccccc1/C=N\N1CCN(Cc2ccccc2Cl)CC1. The van der Waals surface area contributed by atoms with Crippen LogP contribution in [0.15, 0.2) is 53.6 Å². The molecule has 23 heavy (non-hydrogen) atoms. The molecule has 0 saturated carbocycles. The normalized spacial score (nSPS) is 16.2. The quantitative estimate of drug-likeness (QED) is 0.797. The van der Waals surface area contributed by atoms with Crippen molar-refractivity contribution in [2.75, 3.05) is 26.2 Å². The van der Waals surface area contributed by atoms with Crippen molar-refractivity contribution in [3.63, 3.8) is 0 Å². The Balaban J connectivity index is 1.53. The Hall–Kier alpha value is -1.91. The van der Waals surface area contributed by atoms with Crippen LogP contribution in [-0.2, 0) is 6.54 Å². The Morgan fingerprint density at radius 1 is 1.00 bits per heavy atom. The molecule has 0 bridgehead atoms. The van der Waals surface area contributed by atoms with Gasteiger partial charge in [-0.2, -0.15) is 5.10 Å². The summed E-state index contributed by atoms with van der Waals surface area (Å²) in [7, 11) is 0. The Morgan fingerprint density at radius 2 is 1.70 bits per heavy atom. The molecule has 1 heterocycles. The zero-order valence-corrected chi connectivity index (χ0v) is 13.6. The molecule has 3 rings (SSSR count). The van der Waals surface area contributed by atoms with E-state index in [0.29, 0.717) is 5.56 Å². The smallest absolute Gasteiger partial charge is 0.132 e. The van der Waals surface area contributed by atoms with E-state index in [4.69, 9.17) is 11.6 Å². The lowest BCUT2D eigenvalue weighted by Crippen LogP contribution is -2.43. The fourth-order valence-corrected chi connectivity index (χ4v) is 2.80. The number of hydrazone groups is 1. The van der Waals surface area contributed by atoms with Gasteiger partial charge in [-0.25, -0.2) is 4.39 Å². The van der Waals surface area contributed by atoms with Gasteiger partial charge in [-0.05, 0) is 17.7 Å². The highest BCUT2D eigenvalue weighted by molar-refractivity contribution is 6.31. The van der Waals surface area contributed by atoms with Crippen molar-refractivity contribution in [1.29, 1.82) is 0 Å². The first-order valence-corrected chi connectivity index (χ1v) is 8.09. The highest BCUT2D eigenvalue weighted by Gasteiger charge is 2.16. The molecule has 0 aliphatic carbocycles. The molecule has 0 unspecified atom stereocenters. The Kier molecular flexibility index (Phi) is 5.26. The van der Waals surface area contributed by atoms with Gasteiger partial charge in [0.05, 0.1) is 6.21 Å². The summed E-state index contributed by atoms with van der Waals surface area (Å²) in [5.41, 5.74) is 1.67. The van der Waals surface area contributed by atoms with Gasteiger partial charge in [-0.3, -0.25) is 9.91 Å². The van der Waals surface area contributed by atoms with E-state index in [2.05, 4.69) is 16.1 Å². The third-order valence-electron chi connectivity index (χ3n) is 3.97. The number of benzene rings is 2. The van der Waals surface area contributed by atoms with Crippen molar-refractivity contribution in [3.8, 4) is 0 Å². The van der Waals surface area contributed by atoms with Crippen LogP contribution in [0.4, 0.5) is 4.39 Å². The average molecular weight is 332 g/mol. The predicted molar refractivity (Wildman–Crippen MR) is 92.3 cm³/mol. The summed E-state index contributed by atoms with van der Waals surface area (Å²) in [6.45, 7) is 4.34. The first-order chi connectivity index (χ1) is 11.2. The minimum atomic E-state index is -0.242. The maximum absolute atomic E-state index is 13.6. The van der Waals surface area contributed by atoms with E-state index in [1.165, 1.54) is 6.07 Å². The molecule has 2 aromatic carbocycles. The predicted octanol–water partition coefficient (Wildman–Crippen LogP) is 3.63. The molecule has 1 aliphatic heterocycles. The summed E-state index contributed by atoms with van der Waals surface area (Å²) in [6.07, 6.45) is 1.60. The molecule has 5 heteroatoms. The van der Waals surface area contributed by atoms with Gasteiger partial charge in [0.15, 0.2) is 0 Å². The first-order valence-electron chi connectivity index (χ1n) is 7.71. The van der Waals surface area contributed by atoms with Crippen molar-refractivity contribution in [2.24, 2.45) is 5.10 Å². The van der Waals surface area contributed by atoms with Crippen LogP contribution >= 0.6 is 11.6 Å². The van der Waals surface area contributed by atoms with E-state index < -0.39 is 0 Å². The number of hydrogen-bond donors (Lipinski definition) is 0. The van der Waals surface area contributed by atoms with Crippen LogP contribution in [0, 0.1) is 5.82 Å². The van der Waals surface area contributed by atoms with E-state index in [0.717, 1.165) is 43.3 Å². The molecule has 1 saturated heterocycles. The van der Waals surface area contributed by atoms with Crippen LogP contribution in [0.2, 0.25) is 5.02 Å². The van der Waals surface area contributed by atoms with Crippen molar-refractivity contribution in [2.45, 2.75) is 6.54 Å². The molecular weight excluding hydrogens is 313 g/mol. The number of halogens is 2. The summed E-state index contributed by atoms with van der Waals surface area (Å²) in [6, 6.07) is 14.6. The lowest BCUT2D eigenvalue weighted by Gasteiger charge is -2.33. The van der Waals surface area contributed by atoms with E-state index >= 15 is 0 Å². The summed E-state index contributed by atoms with van der Waals surface area (Å²) in [5, 5.41) is 7.18. The lowest BCUT2D eigenvalue weighted by atomic mass is 10.2. The highest BCUT2D eigenvalue weighted by Crippen LogP contribution is 2.18. The topological polar surface area (TPSA) is 18.8 Å². The van der Waals surface area contributed by atoms with Gasteiger partial charge in [0.1, 0.15) is 5.82 Å². The lowest BCUT2D eigenvalue weighted by molar-refractivity contribution is 0.131. The fraction of sp³-hybridized carbons (Fsp3) is 0.278. The minimum absolute atomic E-state index is 0.242. The fourth-order valence-electron chi connectivity index (χ4n) is 2.60. The van der Waals surface area contributed by atoms with Crippen LogP contribution in [0.25, 0.3) is 0 Å². The Morgan fingerprint density at radius 3 is 2.43 bits per heavy atom. The van der Waals surface area contributed by atoms with Crippen LogP contribution in [0.1, 0.15) is 11.1 Å². The second kappa shape index (κ2) is 7.57. The molecule has 2 aromatic rings. The largest absolute Gasteiger partial charge is 0.295 e. The molecule has 0 atom stereocenters. The van der Waals surface area contributed by atoms with Gasteiger partial charge in [-0.15, -0.1) is 0 Å². The minimum Gasteiger partial charge on any atom is -0.295 e. The van der Waals surface area contributed by atoms with Crippen LogP contribution in [-0.4, -0.2) is 42.3 Å². The maximum atomic E-state index is 13.6. The molecule has 3 nitrogen and oxygen atoms in total. The number of rotatable bonds is 4. The van der Waals surface area contributed by atoms with Crippen molar-refractivity contribution in [3.05, 3.63) is 70.5 Å². The summed E-state index contributed by atoms with van der Waals surface area (Å²) >= 11 is 6.21. The molecule has 1 aliphatic rings. The van der Waals surface area contributed by atoms with Crippen LogP contribution < -0.4 is 0 Å². The van der Waals surface area contributed by atoms with E-state index in [-0.39, 0.29) is 5.82 Å². The van der Waals surface area contributed by atoms with Crippen LogP contribution in [0.3, 0.4) is 0 Å². The third-order valence-corrected chi connectivity index (χ3v) is 4.33. The second-order valence-electron chi connectivity index (χ2n) is 5.59. The number of piperazine rings is 1. The van der Waals surface area contributed by atoms with Gasteiger partial charge in [-0.1, -0.05) is 48.0 Å². The van der Waals surface area contributed by atoms with Gasteiger partial charge in [0, 0.05) is 43.3 Å². The summed E-state index contributed by atoms with van der Waals surface area (Å²) in [4.78, 5) is 2.36. The third kappa shape index (κ3) is 4.30. The van der Waals surface area contributed by atoms with E-state index in [1.54, 1.807) is 18.3 Å². The summed E-state index contributed by atoms with van der Waals surface area (Å²) in [5.74, 6) is -0.242. The molecule has 0 N–H and O–H groups in total.